The largest absolute Gasteiger partial charge is 0.497 e. The summed E-state index contributed by atoms with van der Waals surface area (Å²) >= 11 is 0. The van der Waals surface area contributed by atoms with E-state index in [2.05, 4.69) is 36.6 Å². The van der Waals surface area contributed by atoms with E-state index in [1.165, 1.54) is 5.56 Å². The van der Waals surface area contributed by atoms with E-state index in [0.29, 0.717) is 0 Å². The van der Waals surface area contributed by atoms with Gasteiger partial charge in [0.25, 0.3) is 0 Å². The zero-order valence-corrected chi connectivity index (χ0v) is 10.6. The summed E-state index contributed by atoms with van der Waals surface area (Å²) in [6, 6.07) is 8.13. The Labute approximate surface area is 98.2 Å². The minimum absolute atomic E-state index is 0.124. The maximum atomic E-state index is 5.18. The van der Waals surface area contributed by atoms with Crippen molar-refractivity contribution in [2.45, 2.75) is 25.9 Å². The first-order chi connectivity index (χ1) is 7.57. The highest BCUT2D eigenvalue weighted by molar-refractivity contribution is 5.28. The van der Waals surface area contributed by atoms with Crippen molar-refractivity contribution in [3.8, 4) is 5.75 Å². The number of benzene rings is 1. The van der Waals surface area contributed by atoms with Crippen LogP contribution in [0.25, 0.3) is 0 Å². The van der Waals surface area contributed by atoms with Crippen LogP contribution in [-0.4, -0.2) is 26.2 Å². The summed E-state index contributed by atoms with van der Waals surface area (Å²) in [7, 11) is 3.67. The molecule has 1 rings (SSSR count). The van der Waals surface area contributed by atoms with Crippen LogP contribution in [0, 0.1) is 0 Å². The van der Waals surface area contributed by atoms with Crippen molar-refractivity contribution in [2.24, 2.45) is 0 Å². The van der Waals surface area contributed by atoms with Crippen LogP contribution in [0.2, 0.25) is 0 Å². The van der Waals surface area contributed by atoms with Gasteiger partial charge in [-0.05, 0) is 38.6 Å². The molecule has 0 bridgehead atoms. The first kappa shape index (κ1) is 13.0. The lowest BCUT2D eigenvalue weighted by atomic mass is 10.1. The van der Waals surface area contributed by atoms with E-state index < -0.39 is 0 Å². The highest BCUT2D eigenvalue weighted by Crippen LogP contribution is 2.12. The quantitative estimate of drug-likeness (QED) is 0.770. The van der Waals surface area contributed by atoms with Crippen LogP contribution >= 0.6 is 0 Å². The van der Waals surface area contributed by atoms with Crippen LogP contribution in [0.15, 0.2) is 24.3 Å². The smallest absolute Gasteiger partial charge is 0.119 e. The molecule has 0 spiro atoms. The van der Waals surface area contributed by atoms with Crippen LogP contribution in [0.5, 0.6) is 5.75 Å². The lowest BCUT2D eigenvalue weighted by Gasteiger charge is -2.24. The Morgan fingerprint density at radius 2 is 2.06 bits per heavy atom. The van der Waals surface area contributed by atoms with Gasteiger partial charge in [-0.1, -0.05) is 12.1 Å². The molecule has 3 nitrogen and oxygen atoms in total. The molecule has 90 valence electrons. The lowest BCUT2D eigenvalue weighted by molar-refractivity contribution is 0.392. The summed E-state index contributed by atoms with van der Waals surface area (Å²) in [5, 5.41) is 6.69. The summed E-state index contributed by atoms with van der Waals surface area (Å²) in [6.07, 6.45) is 0. The van der Waals surface area contributed by atoms with Gasteiger partial charge in [0, 0.05) is 18.6 Å². The van der Waals surface area contributed by atoms with Crippen molar-refractivity contribution < 1.29 is 4.74 Å². The molecular formula is C13H22N2O. The topological polar surface area (TPSA) is 33.3 Å². The van der Waals surface area contributed by atoms with E-state index in [1.54, 1.807) is 7.11 Å². The van der Waals surface area contributed by atoms with Crippen molar-refractivity contribution >= 4 is 0 Å². The Kier molecular flexibility index (Phi) is 4.77. The van der Waals surface area contributed by atoms with Gasteiger partial charge in [-0.3, -0.25) is 0 Å². The predicted octanol–water partition coefficient (Wildman–Crippen LogP) is 1.78. The normalized spacial score (nSPS) is 11.5. The van der Waals surface area contributed by atoms with E-state index >= 15 is 0 Å². The van der Waals surface area contributed by atoms with Gasteiger partial charge in [-0.2, -0.15) is 0 Å². The molecule has 0 aliphatic heterocycles. The fourth-order valence-electron chi connectivity index (χ4n) is 1.39. The first-order valence-electron chi connectivity index (χ1n) is 5.60. The van der Waals surface area contributed by atoms with Gasteiger partial charge in [-0.25, -0.2) is 0 Å². The summed E-state index contributed by atoms with van der Waals surface area (Å²) in [5.41, 5.74) is 1.37. The third-order valence-electron chi connectivity index (χ3n) is 2.71. The molecule has 0 radical (unpaired) electrons. The zero-order valence-electron chi connectivity index (χ0n) is 10.6. The van der Waals surface area contributed by atoms with Gasteiger partial charge in [-0.15, -0.1) is 0 Å². The number of likely N-dealkylation sites (N-methyl/N-ethyl adjacent to an activating group) is 1. The van der Waals surface area contributed by atoms with Gasteiger partial charge in [0.15, 0.2) is 0 Å². The minimum atomic E-state index is 0.124. The van der Waals surface area contributed by atoms with Crippen LogP contribution in [0.4, 0.5) is 0 Å². The molecule has 2 N–H and O–H groups in total. The highest BCUT2D eigenvalue weighted by atomic mass is 16.5. The predicted molar refractivity (Wildman–Crippen MR) is 67.8 cm³/mol. The van der Waals surface area contributed by atoms with Gasteiger partial charge >= 0.3 is 0 Å². The molecule has 0 aliphatic rings. The molecule has 0 atom stereocenters. The van der Waals surface area contributed by atoms with Gasteiger partial charge in [0.2, 0.25) is 0 Å². The van der Waals surface area contributed by atoms with Crippen molar-refractivity contribution in [2.75, 3.05) is 20.7 Å². The Bertz CT molecular complexity index is 323. The molecule has 3 heteroatoms. The molecule has 1 aromatic carbocycles. The number of hydrogen-bond donors (Lipinski definition) is 2. The second-order valence-corrected chi connectivity index (χ2v) is 4.59. The molecule has 0 aliphatic carbocycles. The van der Waals surface area contributed by atoms with E-state index in [-0.39, 0.29) is 5.54 Å². The number of hydrogen-bond acceptors (Lipinski definition) is 3. The van der Waals surface area contributed by atoms with Gasteiger partial charge in [0.1, 0.15) is 5.75 Å². The maximum absolute atomic E-state index is 5.18. The first-order valence-corrected chi connectivity index (χ1v) is 5.60. The fraction of sp³-hybridized carbons (Fsp3) is 0.538. The van der Waals surface area contributed by atoms with E-state index in [1.807, 2.05) is 19.2 Å². The standard InChI is InChI=1S/C13H22N2O/c1-13(2,14-3)10-15-9-11-6-5-7-12(8-11)16-4/h5-8,14-15H,9-10H2,1-4H3. The lowest BCUT2D eigenvalue weighted by Crippen LogP contribution is -2.45. The van der Waals surface area contributed by atoms with Crippen molar-refractivity contribution in [3.63, 3.8) is 0 Å². The summed E-state index contributed by atoms with van der Waals surface area (Å²) in [6.45, 7) is 6.14. The number of nitrogens with one attached hydrogen (secondary N) is 2. The van der Waals surface area contributed by atoms with Crippen LogP contribution in [-0.2, 0) is 6.54 Å². The van der Waals surface area contributed by atoms with E-state index in [0.717, 1.165) is 18.8 Å². The number of methoxy groups -OCH3 is 1. The monoisotopic (exact) mass is 222 g/mol. The summed E-state index contributed by atoms with van der Waals surface area (Å²) in [5.74, 6) is 0.909. The van der Waals surface area contributed by atoms with Gasteiger partial charge < -0.3 is 15.4 Å². The molecule has 1 aromatic rings. The fourth-order valence-corrected chi connectivity index (χ4v) is 1.39. The summed E-state index contributed by atoms with van der Waals surface area (Å²) in [4.78, 5) is 0. The highest BCUT2D eigenvalue weighted by Gasteiger charge is 2.13. The molecule has 0 fully saturated rings. The Morgan fingerprint density at radius 3 is 2.69 bits per heavy atom. The molecule has 0 unspecified atom stereocenters. The molecule has 0 aromatic heterocycles. The van der Waals surface area contributed by atoms with Gasteiger partial charge in [0.05, 0.1) is 7.11 Å². The Morgan fingerprint density at radius 1 is 1.31 bits per heavy atom. The maximum Gasteiger partial charge on any atom is 0.119 e. The molecule has 0 saturated heterocycles. The van der Waals surface area contributed by atoms with E-state index in [9.17, 15) is 0 Å². The number of ether oxygens (including phenoxy) is 1. The van der Waals surface area contributed by atoms with Crippen LogP contribution < -0.4 is 15.4 Å². The third-order valence-corrected chi connectivity index (χ3v) is 2.71. The van der Waals surface area contributed by atoms with Crippen LogP contribution in [0.3, 0.4) is 0 Å². The average Bonchev–Trinajstić information content (AvgIpc) is 2.29. The third kappa shape index (κ3) is 4.21. The number of rotatable bonds is 6. The Balaban J connectivity index is 2.42. The molecule has 0 saturated carbocycles. The van der Waals surface area contributed by atoms with E-state index in [4.69, 9.17) is 4.74 Å². The Hall–Kier alpha value is -1.06. The second kappa shape index (κ2) is 5.87. The second-order valence-electron chi connectivity index (χ2n) is 4.59. The van der Waals surface area contributed by atoms with Crippen molar-refractivity contribution in [1.29, 1.82) is 0 Å². The molecule has 16 heavy (non-hydrogen) atoms. The SMILES string of the molecule is CNC(C)(C)CNCc1cccc(OC)c1. The molecule has 0 heterocycles. The molecule has 0 amide bonds. The van der Waals surface area contributed by atoms with Crippen molar-refractivity contribution in [3.05, 3.63) is 29.8 Å². The minimum Gasteiger partial charge on any atom is -0.497 e. The van der Waals surface area contributed by atoms with Crippen molar-refractivity contribution in [1.82, 2.24) is 10.6 Å². The molecular weight excluding hydrogens is 200 g/mol. The summed E-state index contributed by atoms with van der Waals surface area (Å²) < 4.78 is 5.18. The average molecular weight is 222 g/mol. The van der Waals surface area contributed by atoms with Crippen LogP contribution in [0.1, 0.15) is 19.4 Å². The zero-order chi connectivity index (χ0) is 12.0.